The lowest BCUT2D eigenvalue weighted by Crippen LogP contribution is -2.51. The van der Waals surface area contributed by atoms with Crippen molar-refractivity contribution in [1.29, 1.82) is 0 Å². The summed E-state index contributed by atoms with van der Waals surface area (Å²) in [6, 6.07) is -3.07. The number of rotatable bonds is 7. The molecule has 0 aliphatic rings. The fourth-order valence-electron chi connectivity index (χ4n) is 1.31. The summed E-state index contributed by atoms with van der Waals surface area (Å²) in [5.74, 6) is -1.24. The minimum Gasteiger partial charge on any atom is -0.480 e. The van der Waals surface area contributed by atoms with E-state index in [0.717, 1.165) is 0 Å². The van der Waals surface area contributed by atoms with Crippen molar-refractivity contribution in [1.82, 2.24) is 20.8 Å². The van der Waals surface area contributed by atoms with Crippen LogP contribution in [0.25, 0.3) is 0 Å². The normalized spacial score (nSPS) is 15.0. The van der Waals surface area contributed by atoms with Crippen molar-refractivity contribution in [3.8, 4) is 0 Å². The number of carbonyl (C=O) groups is 2. The van der Waals surface area contributed by atoms with Gasteiger partial charge < -0.3 is 36.2 Å². The Morgan fingerprint density at radius 2 is 2.14 bits per heavy atom. The lowest BCUT2D eigenvalue weighted by molar-refractivity contribution is -0.141. The molecule has 2 unspecified atom stereocenters. The van der Waals surface area contributed by atoms with Gasteiger partial charge in [0, 0.05) is 0 Å². The van der Waals surface area contributed by atoms with E-state index in [4.69, 9.17) is 20.5 Å². The number of nitrogens with zero attached hydrogens (tertiary/aromatic N) is 2. The molecule has 1 aromatic rings. The van der Waals surface area contributed by atoms with Gasteiger partial charge in [0.1, 0.15) is 6.04 Å². The van der Waals surface area contributed by atoms with E-state index in [1.165, 1.54) is 6.92 Å². The SMILES string of the molecule is CC(O)C(NC(=O)NCc1noc([C@@H](N)CO)n1)C(=O)O. The number of aliphatic hydroxyl groups is 2. The molecular formula is C10H17N5O6. The molecule has 0 fully saturated rings. The van der Waals surface area contributed by atoms with E-state index in [2.05, 4.69) is 20.8 Å². The zero-order valence-corrected chi connectivity index (χ0v) is 11.2. The molecule has 0 saturated carbocycles. The second-order valence-electron chi connectivity index (χ2n) is 4.22. The molecule has 2 amide bonds. The molecule has 0 aliphatic carbocycles. The molecule has 0 aliphatic heterocycles. The van der Waals surface area contributed by atoms with Crippen molar-refractivity contribution in [2.75, 3.05) is 6.61 Å². The Bertz CT molecular complexity index is 490. The Morgan fingerprint density at radius 1 is 1.48 bits per heavy atom. The van der Waals surface area contributed by atoms with Crippen LogP contribution >= 0.6 is 0 Å². The van der Waals surface area contributed by atoms with Gasteiger partial charge in [-0.15, -0.1) is 0 Å². The molecule has 0 spiro atoms. The predicted molar refractivity (Wildman–Crippen MR) is 66.8 cm³/mol. The Balaban J connectivity index is 2.49. The number of urea groups is 1. The number of carboxylic acid groups (broad SMARTS) is 1. The summed E-state index contributed by atoms with van der Waals surface area (Å²) >= 11 is 0. The number of nitrogens with two attached hydrogens (primary N) is 1. The molecule has 3 atom stereocenters. The Hall–Kier alpha value is -2.24. The number of nitrogens with one attached hydrogen (secondary N) is 2. The predicted octanol–water partition coefficient (Wildman–Crippen LogP) is -2.31. The van der Waals surface area contributed by atoms with Gasteiger partial charge in [-0.3, -0.25) is 0 Å². The molecule has 0 saturated heterocycles. The van der Waals surface area contributed by atoms with Gasteiger partial charge in [-0.25, -0.2) is 9.59 Å². The van der Waals surface area contributed by atoms with Gasteiger partial charge >= 0.3 is 12.0 Å². The number of aliphatic carboxylic acids is 1. The molecule has 0 aromatic carbocycles. The van der Waals surface area contributed by atoms with Gasteiger partial charge in [0.25, 0.3) is 0 Å². The molecular weight excluding hydrogens is 286 g/mol. The van der Waals surface area contributed by atoms with Crippen LogP contribution in [0.3, 0.4) is 0 Å². The summed E-state index contributed by atoms with van der Waals surface area (Å²) < 4.78 is 4.76. The molecule has 0 radical (unpaired) electrons. The molecule has 1 heterocycles. The van der Waals surface area contributed by atoms with Crippen LogP contribution in [-0.4, -0.2) is 56.2 Å². The third-order valence-corrected chi connectivity index (χ3v) is 2.44. The monoisotopic (exact) mass is 303 g/mol. The largest absolute Gasteiger partial charge is 0.480 e. The molecule has 7 N–H and O–H groups in total. The van der Waals surface area contributed by atoms with Crippen molar-refractivity contribution >= 4 is 12.0 Å². The average Bonchev–Trinajstić information content (AvgIpc) is 2.89. The molecule has 1 rings (SSSR count). The van der Waals surface area contributed by atoms with Crippen LogP contribution in [0.15, 0.2) is 4.52 Å². The highest BCUT2D eigenvalue weighted by molar-refractivity contribution is 5.82. The smallest absolute Gasteiger partial charge is 0.328 e. The molecule has 11 heteroatoms. The first-order valence-electron chi connectivity index (χ1n) is 5.99. The van der Waals surface area contributed by atoms with Crippen LogP contribution < -0.4 is 16.4 Å². The van der Waals surface area contributed by atoms with E-state index in [-0.39, 0.29) is 24.9 Å². The summed E-state index contributed by atoms with van der Waals surface area (Å²) in [6.07, 6.45) is -1.26. The number of carboxylic acids is 1. The van der Waals surface area contributed by atoms with Crippen molar-refractivity contribution in [2.45, 2.75) is 31.7 Å². The quantitative estimate of drug-likeness (QED) is 0.322. The number of carbonyl (C=O) groups excluding carboxylic acids is 1. The third-order valence-electron chi connectivity index (χ3n) is 2.44. The highest BCUT2D eigenvalue weighted by atomic mass is 16.5. The van der Waals surface area contributed by atoms with Gasteiger partial charge in [0.05, 0.1) is 19.3 Å². The summed E-state index contributed by atoms with van der Waals surface area (Å²) in [5.41, 5.74) is 5.46. The highest BCUT2D eigenvalue weighted by Gasteiger charge is 2.25. The summed E-state index contributed by atoms with van der Waals surface area (Å²) in [4.78, 5) is 26.1. The molecule has 21 heavy (non-hydrogen) atoms. The van der Waals surface area contributed by atoms with Crippen molar-refractivity contribution in [3.05, 3.63) is 11.7 Å². The van der Waals surface area contributed by atoms with Crippen LogP contribution in [-0.2, 0) is 11.3 Å². The lowest BCUT2D eigenvalue weighted by atomic mass is 10.2. The van der Waals surface area contributed by atoms with E-state index in [9.17, 15) is 14.7 Å². The molecule has 11 nitrogen and oxygen atoms in total. The Kier molecular flexibility index (Phi) is 6.02. The summed E-state index contributed by atoms with van der Waals surface area (Å²) in [7, 11) is 0. The van der Waals surface area contributed by atoms with Crippen LogP contribution in [0.5, 0.6) is 0 Å². The van der Waals surface area contributed by atoms with Crippen LogP contribution in [0.2, 0.25) is 0 Å². The third kappa shape index (κ3) is 4.98. The number of aliphatic hydroxyl groups excluding tert-OH is 2. The summed E-state index contributed by atoms with van der Waals surface area (Å²) in [5, 5.41) is 34.7. The number of amides is 2. The van der Waals surface area contributed by atoms with E-state index in [1.807, 2.05) is 0 Å². The van der Waals surface area contributed by atoms with Gasteiger partial charge in [0.15, 0.2) is 11.9 Å². The van der Waals surface area contributed by atoms with Gasteiger partial charge in [-0.05, 0) is 6.92 Å². The molecule has 0 bridgehead atoms. The van der Waals surface area contributed by atoms with E-state index < -0.39 is 30.2 Å². The van der Waals surface area contributed by atoms with Crippen molar-refractivity contribution < 1.29 is 29.4 Å². The maximum atomic E-state index is 11.5. The van der Waals surface area contributed by atoms with Crippen LogP contribution in [0.4, 0.5) is 4.79 Å². The van der Waals surface area contributed by atoms with Crippen molar-refractivity contribution in [3.63, 3.8) is 0 Å². The minimum atomic E-state index is -1.44. The second-order valence-corrected chi connectivity index (χ2v) is 4.22. The van der Waals surface area contributed by atoms with Gasteiger partial charge in [-0.2, -0.15) is 4.98 Å². The second kappa shape index (κ2) is 7.52. The van der Waals surface area contributed by atoms with E-state index >= 15 is 0 Å². The van der Waals surface area contributed by atoms with Gasteiger partial charge in [0.2, 0.25) is 5.89 Å². The topological polar surface area (TPSA) is 184 Å². The standard InChI is InChI=1S/C10H17N5O6/c1-4(17)7(9(18)19)14-10(20)12-2-6-13-8(21-15-6)5(11)3-16/h4-5,7,16-17H,2-3,11H2,1H3,(H,18,19)(H2,12,14,20)/t4?,5-,7?/m0/s1. The average molecular weight is 303 g/mol. The maximum Gasteiger partial charge on any atom is 0.328 e. The Morgan fingerprint density at radius 3 is 2.67 bits per heavy atom. The first-order valence-corrected chi connectivity index (χ1v) is 5.99. The maximum absolute atomic E-state index is 11.5. The fourth-order valence-corrected chi connectivity index (χ4v) is 1.31. The zero-order valence-electron chi connectivity index (χ0n) is 11.2. The first kappa shape index (κ1) is 16.8. The minimum absolute atomic E-state index is 0.0158. The Labute approximate surface area is 119 Å². The van der Waals surface area contributed by atoms with Crippen LogP contribution in [0, 0.1) is 0 Å². The first-order chi connectivity index (χ1) is 9.85. The molecule has 118 valence electrons. The fraction of sp³-hybridized carbons (Fsp3) is 0.600. The van der Waals surface area contributed by atoms with Crippen LogP contribution in [0.1, 0.15) is 24.7 Å². The lowest BCUT2D eigenvalue weighted by Gasteiger charge is -2.16. The van der Waals surface area contributed by atoms with E-state index in [1.54, 1.807) is 0 Å². The van der Waals surface area contributed by atoms with Crippen molar-refractivity contribution in [2.24, 2.45) is 5.73 Å². The van der Waals surface area contributed by atoms with E-state index in [0.29, 0.717) is 0 Å². The summed E-state index contributed by atoms with van der Waals surface area (Å²) in [6.45, 7) is 0.727. The molecule has 1 aromatic heterocycles. The highest BCUT2D eigenvalue weighted by Crippen LogP contribution is 2.05. The van der Waals surface area contributed by atoms with Gasteiger partial charge in [-0.1, -0.05) is 5.16 Å². The number of hydrogen-bond donors (Lipinski definition) is 6. The number of hydrogen-bond acceptors (Lipinski definition) is 8. The number of aromatic nitrogens is 2. The zero-order chi connectivity index (χ0) is 16.0.